The molecule has 0 spiro atoms. The summed E-state index contributed by atoms with van der Waals surface area (Å²) in [5.41, 5.74) is 3.24. The van der Waals surface area contributed by atoms with Crippen molar-refractivity contribution in [3.05, 3.63) is 35.4 Å². The van der Waals surface area contributed by atoms with E-state index >= 15 is 0 Å². The lowest BCUT2D eigenvalue weighted by Crippen LogP contribution is -2.43. The first-order chi connectivity index (χ1) is 10.4. The van der Waals surface area contributed by atoms with E-state index in [4.69, 9.17) is 0 Å². The van der Waals surface area contributed by atoms with Gasteiger partial charge in [-0.15, -0.1) is 0 Å². The van der Waals surface area contributed by atoms with Gasteiger partial charge in [-0.3, -0.25) is 4.90 Å². The Bertz CT molecular complexity index is 443. The topological polar surface area (TPSA) is 15.3 Å². The van der Waals surface area contributed by atoms with Gasteiger partial charge < -0.3 is 5.32 Å². The van der Waals surface area contributed by atoms with Crippen molar-refractivity contribution in [3.63, 3.8) is 0 Å². The molecule has 1 saturated heterocycles. The summed E-state index contributed by atoms with van der Waals surface area (Å²) in [5, 5.41) is 3.34. The molecule has 1 aromatic carbocycles. The van der Waals surface area contributed by atoms with Gasteiger partial charge in [0, 0.05) is 12.1 Å². The number of fused-ring (bicyclic) bond motifs is 1. The van der Waals surface area contributed by atoms with Crippen molar-refractivity contribution in [2.45, 2.75) is 63.5 Å². The second-order valence-electron chi connectivity index (χ2n) is 6.74. The van der Waals surface area contributed by atoms with Crippen molar-refractivity contribution in [1.29, 1.82) is 0 Å². The highest BCUT2D eigenvalue weighted by atomic mass is 15.2. The largest absolute Gasteiger partial charge is 0.320 e. The maximum absolute atomic E-state index is 3.34. The highest BCUT2D eigenvalue weighted by Crippen LogP contribution is 2.37. The molecule has 21 heavy (non-hydrogen) atoms. The van der Waals surface area contributed by atoms with Gasteiger partial charge in [-0.1, -0.05) is 37.1 Å². The molecule has 1 N–H and O–H groups in total. The summed E-state index contributed by atoms with van der Waals surface area (Å²) in [6.45, 7) is 2.45. The zero-order chi connectivity index (χ0) is 14.5. The Balaban J connectivity index is 1.83. The summed E-state index contributed by atoms with van der Waals surface area (Å²) in [5.74, 6) is 0. The lowest BCUT2D eigenvalue weighted by molar-refractivity contribution is 0.0832. The smallest absolute Gasteiger partial charge is 0.0353 e. The molecule has 1 fully saturated rings. The predicted molar refractivity (Wildman–Crippen MR) is 89.6 cm³/mol. The number of likely N-dealkylation sites (tertiary alicyclic amines) is 1. The number of rotatable bonds is 4. The van der Waals surface area contributed by atoms with E-state index in [9.17, 15) is 0 Å². The minimum absolute atomic E-state index is 0.672. The molecule has 2 heteroatoms. The Labute approximate surface area is 129 Å². The quantitative estimate of drug-likeness (QED) is 0.844. The van der Waals surface area contributed by atoms with Gasteiger partial charge in [-0.25, -0.2) is 0 Å². The Morgan fingerprint density at radius 3 is 2.86 bits per heavy atom. The van der Waals surface area contributed by atoms with Crippen LogP contribution in [0.15, 0.2) is 24.3 Å². The van der Waals surface area contributed by atoms with Crippen LogP contribution in [0.5, 0.6) is 0 Å². The minimum Gasteiger partial charge on any atom is -0.320 e. The molecule has 116 valence electrons. The number of hydrogen-bond donors (Lipinski definition) is 1. The summed E-state index contributed by atoms with van der Waals surface area (Å²) in [4.78, 5) is 2.85. The Hall–Kier alpha value is -0.860. The molecule has 1 aliphatic heterocycles. The summed E-state index contributed by atoms with van der Waals surface area (Å²) in [6.07, 6.45) is 10.9. The average molecular weight is 286 g/mol. The first-order valence-corrected chi connectivity index (χ1v) is 8.88. The lowest BCUT2D eigenvalue weighted by atomic mass is 9.91. The molecule has 0 bridgehead atoms. The van der Waals surface area contributed by atoms with Gasteiger partial charge in [0.15, 0.2) is 0 Å². The second kappa shape index (κ2) is 7.42. The van der Waals surface area contributed by atoms with Crippen LogP contribution in [0.3, 0.4) is 0 Å². The molecular weight excluding hydrogens is 256 g/mol. The summed E-state index contributed by atoms with van der Waals surface area (Å²) >= 11 is 0. The molecule has 2 unspecified atom stereocenters. The third-order valence-corrected chi connectivity index (χ3v) is 5.39. The van der Waals surface area contributed by atoms with E-state index in [0.717, 1.165) is 12.6 Å². The van der Waals surface area contributed by atoms with Crippen molar-refractivity contribution in [1.82, 2.24) is 10.2 Å². The average Bonchev–Trinajstić information content (AvgIpc) is 2.75. The van der Waals surface area contributed by atoms with Crippen LogP contribution in [0.4, 0.5) is 0 Å². The van der Waals surface area contributed by atoms with Crippen molar-refractivity contribution < 1.29 is 0 Å². The van der Waals surface area contributed by atoms with Gasteiger partial charge in [-0.2, -0.15) is 0 Å². The molecule has 1 aliphatic carbocycles. The second-order valence-corrected chi connectivity index (χ2v) is 6.74. The van der Waals surface area contributed by atoms with E-state index in [0.29, 0.717) is 6.04 Å². The van der Waals surface area contributed by atoms with Crippen LogP contribution in [0.25, 0.3) is 0 Å². The van der Waals surface area contributed by atoms with Crippen LogP contribution < -0.4 is 5.32 Å². The molecular formula is C19H30N2. The number of nitrogens with zero attached hydrogens (tertiary/aromatic N) is 1. The van der Waals surface area contributed by atoms with Gasteiger partial charge in [-0.05, 0) is 69.8 Å². The fourth-order valence-electron chi connectivity index (χ4n) is 4.29. The number of piperidine rings is 1. The monoisotopic (exact) mass is 286 g/mol. The van der Waals surface area contributed by atoms with Gasteiger partial charge in [0.2, 0.25) is 0 Å². The molecule has 0 saturated carbocycles. The van der Waals surface area contributed by atoms with E-state index in [-0.39, 0.29) is 0 Å². The van der Waals surface area contributed by atoms with Crippen molar-refractivity contribution >= 4 is 0 Å². The van der Waals surface area contributed by atoms with Crippen LogP contribution in [-0.2, 0) is 6.42 Å². The molecule has 2 aliphatic rings. The Morgan fingerprint density at radius 2 is 1.95 bits per heavy atom. The van der Waals surface area contributed by atoms with Crippen LogP contribution in [-0.4, -0.2) is 31.1 Å². The third-order valence-electron chi connectivity index (χ3n) is 5.39. The first kappa shape index (κ1) is 15.1. The molecule has 0 radical (unpaired) electrons. The number of benzene rings is 1. The molecule has 2 nitrogen and oxygen atoms in total. The summed E-state index contributed by atoms with van der Waals surface area (Å²) in [6, 6.07) is 10.7. The van der Waals surface area contributed by atoms with Crippen molar-refractivity contribution in [2.24, 2.45) is 0 Å². The summed E-state index contributed by atoms with van der Waals surface area (Å²) in [7, 11) is 2.08. The standard InChI is InChI=1S/C19H30N2/c1-20-14-13-17-10-6-7-15-21(17)19-12-5-3-9-16-8-2-4-11-18(16)19/h2,4,8,11,17,19-20H,3,5-7,9-10,12-15H2,1H3. The fourth-order valence-corrected chi connectivity index (χ4v) is 4.29. The van der Waals surface area contributed by atoms with E-state index in [1.54, 1.807) is 11.1 Å². The molecule has 0 aromatic heterocycles. The number of aryl methyl sites for hydroxylation is 1. The zero-order valence-corrected chi connectivity index (χ0v) is 13.5. The van der Waals surface area contributed by atoms with Crippen molar-refractivity contribution in [3.8, 4) is 0 Å². The van der Waals surface area contributed by atoms with Gasteiger partial charge in [0.05, 0.1) is 0 Å². The zero-order valence-electron chi connectivity index (χ0n) is 13.5. The maximum Gasteiger partial charge on any atom is 0.0353 e. The van der Waals surface area contributed by atoms with E-state index in [1.165, 1.54) is 57.9 Å². The van der Waals surface area contributed by atoms with Gasteiger partial charge >= 0.3 is 0 Å². The SMILES string of the molecule is CNCCC1CCCCN1C1CCCCc2ccccc21. The van der Waals surface area contributed by atoms with E-state index in [2.05, 4.69) is 41.5 Å². The molecule has 1 heterocycles. The maximum atomic E-state index is 3.34. The third kappa shape index (κ3) is 3.49. The Kier molecular flexibility index (Phi) is 5.32. The first-order valence-electron chi connectivity index (χ1n) is 8.88. The molecule has 1 aromatic rings. The van der Waals surface area contributed by atoms with Crippen LogP contribution in [0.2, 0.25) is 0 Å². The fraction of sp³-hybridized carbons (Fsp3) is 0.684. The number of hydrogen-bond acceptors (Lipinski definition) is 2. The molecule has 0 amide bonds. The van der Waals surface area contributed by atoms with Crippen LogP contribution in [0.1, 0.15) is 62.1 Å². The van der Waals surface area contributed by atoms with Crippen LogP contribution in [0, 0.1) is 0 Å². The lowest BCUT2D eigenvalue weighted by Gasteiger charge is -2.42. The van der Waals surface area contributed by atoms with E-state index < -0.39 is 0 Å². The number of nitrogens with one attached hydrogen (secondary N) is 1. The predicted octanol–water partition coefficient (Wildman–Crippen LogP) is 3.92. The normalized spacial score (nSPS) is 27.1. The van der Waals surface area contributed by atoms with Crippen molar-refractivity contribution in [2.75, 3.05) is 20.1 Å². The van der Waals surface area contributed by atoms with Crippen LogP contribution >= 0.6 is 0 Å². The van der Waals surface area contributed by atoms with Gasteiger partial charge in [0.25, 0.3) is 0 Å². The molecule has 2 atom stereocenters. The minimum atomic E-state index is 0.672. The molecule has 3 rings (SSSR count). The summed E-state index contributed by atoms with van der Waals surface area (Å²) < 4.78 is 0. The van der Waals surface area contributed by atoms with Gasteiger partial charge in [0.1, 0.15) is 0 Å². The Morgan fingerprint density at radius 1 is 1.10 bits per heavy atom. The highest BCUT2D eigenvalue weighted by Gasteiger charge is 2.31. The highest BCUT2D eigenvalue weighted by molar-refractivity contribution is 5.31. The van der Waals surface area contributed by atoms with E-state index in [1.807, 2.05) is 0 Å².